The van der Waals surface area contributed by atoms with Gasteiger partial charge in [0.05, 0.1) is 6.54 Å². The zero-order valence-electron chi connectivity index (χ0n) is 10.8. The summed E-state index contributed by atoms with van der Waals surface area (Å²) in [5.74, 6) is 0.461. The lowest BCUT2D eigenvalue weighted by atomic mass is 10.4. The van der Waals surface area contributed by atoms with Gasteiger partial charge in [0.1, 0.15) is 5.76 Å². The van der Waals surface area contributed by atoms with Crippen molar-refractivity contribution >= 4 is 16.1 Å². The van der Waals surface area contributed by atoms with Gasteiger partial charge in [-0.15, -0.1) is 0 Å². The molecule has 0 saturated heterocycles. The molecule has 108 valence electrons. The van der Waals surface area contributed by atoms with Gasteiger partial charge in [0.25, 0.3) is 10.0 Å². The molecule has 8 nitrogen and oxygen atoms in total. The number of sulfonamides is 1. The fraction of sp³-hybridized carbons (Fsp3) is 0.500. The van der Waals surface area contributed by atoms with Gasteiger partial charge >= 0.3 is 6.03 Å². The maximum absolute atomic E-state index is 11.2. The lowest BCUT2D eigenvalue weighted by Gasteiger charge is -2.11. The fourth-order valence-electron chi connectivity index (χ4n) is 1.23. The van der Waals surface area contributed by atoms with E-state index in [9.17, 15) is 13.2 Å². The number of nitrogens with zero attached hydrogens (tertiary/aromatic N) is 1. The number of nitrogens with two attached hydrogens (primary N) is 1. The monoisotopic (exact) mass is 290 g/mol. The highest BCUT2D eigenvalue weighted by molar-refractivity contribution is 7.89. The molecule has 1 rings (SSSR count). The van der Waals surface area contributed by atoms with Gasteiger partial charge in [-0.2, -0.15) is 0 Å². The third kappa shape index (κ3) is 5.28. The van der Waals surface area contributed by atoms with Gasteiger partial charge in [-0.05, 0) is 12.1 Å². The average Bonchev–Trinajstić information content (AvgIpc) is 2.76. The van der Waals surface area contributed by atoms with E-state index in [1.165, 1.54) is 17.0 Å². The Morgan fingerprint density at radius 2 is 2.05 bits per heavy atom. The summed E-state index contributed by atoms with van der Waals surface area (Å²) < 4.78 is 27.0. The fourth-order valence-corrected chi connectivity index (χ4v) is 1.71. The van der Waals surface area contributed by atoms with E-state index >= 15 is 0 Å². The Bertz CT molecular complexity index is 523. The van der Waals surface area contributed by atoms with Crippen LogP contribution in [0.3, 0.4) is 0 Å². The van der Waals surface area contributed by atoms with Gasteiger partial charge in [0.2, 0.25) is 5.09 Å². The lowest BCUT2D eigenvalue weighted by molar-refractivity contribution is 0.217. The molecule has 1 aromatic heterocycles. The van der Waals surface area contributed by atoms with E-state index in [0.29, 0.717) is 25.4 Å². The molecule has 0 radical (unpaired) electrons. The number of hydrogen-bond acceptors (Lipinski definition) is 5. The first kappa shape index (κ1) is 15.5. The summed E-state index contributed by atoms with van der Waals surface area (Å²) in [5.41, 5.74) is 0. The van der Waals surface area contributed by atoms with Crippen molar-refractivity contribution in [3.05, 3.63) is 17.9 Å². The third-order valence-corrected chi connectivity index (χ3v) is 2.98. The van der Waals surface area contributed by atoms with Crippen LogP contribution < -0.4 is 15.8 Å². The van der Waals surface area contributed by atoms with E-state index in [1.807, 2.05) is 0 Å². The quantitative estimate of drug-likeness (QED) is 0.598. The van der Waals surface area contributed by atoms with Crippen LogP contribution in [0, 0.1) is 0 Å². The Balaban J connectivity index is 2.27. The Kier molecular flexibility index (Phi) is 5.33. The largest absolute Gasteiger partial charge is 0.447 e. The molecule has 1 aromatic rings. The second-order valence-corrected chi connectivity index (χ2v) is 5.56. The van der Waals surface area contributed by atoms with Crippen LogP contribution in [-0.4, -0.2) is 46.5 Å². The molecule has 4 N–H and O–H groups in total. The molecule has 2 amide bonds. The van der Waals surface area contributed by atoms with Gasteiger partial charge in [0.15, 0.2) is 0 Å². The standard InChI is InChI=1S/C10H18N4O4S/c1-14(2)10(15)13-6-5-12-7-8-3-4-9(18-8)19(11,16)17/h3-4,12H,5-7H2,1-2H3,(H,13,15)(H2,11,16,17). The molecule has 0 saturated carbocycles. The van der Waals surface area contributed by atoms with Crippen molar-refractivity contribution in [1.29, 1.82) is 0 Å². The van der Waals surface area contributed by atoms with Crippen LogP contribution in [0.2, 0.25) is 0 Å². The molecule has 0 aliphatic heterocycles. The van der Waals surface area contributed by atoms with Crippen molar-refractivity contribution in [2.24, 2.45) is 5.14 Å². The summed E-state index contributed by atoms with van der Waals surface area (Å²) in [6.45, 7) is 1.35. The predicted octanol–water partition coefficient (Wildman–Crippen LogP) is -0.712. The SMILES string of the molecule is CN(C)C(=O)NCCNCc1ccc(S(N)(=O)=O)o1. The zero-order valence-corrected chi connectivity index (χ0v) is 11.7. The number of nitrogens with one attached hydrogen (secondary N) is 2. The van der Waals surface area contributed by atoms with E-state index in [4.69, 9.17) is 9.56 Å². The summed E-state index contributed by atoms with van der Waals surface area (Å²) >= 11 is 0. The molecule has 19 heavy (non-hydrogen) atoms. The second kappa shape index (κ2) is 6.55. The van der Waals surface area contributed by atoms with E-state index in [2.05, 4.69) is 10.6 Å². The molecule has 9 heteroatoms. The van der Waals surface area contributed by atoms with Crippen molar-refractivity contribution in [2.45, 2.75) is 11.6 Å². The van der Waals surface area contributed by atoms with Crippen LogP contribution >= 0.6 is 0 Å². The molecule has 0 aliphatic carbocycles. The number of amides is 2. The molecule has 0 unspecified atom stereocenters. The molecule has 0 aliphatic rings. The van der Waals surface area contributed by atoms with Crippen LogP contribution in [0.5, 0.6) is 0 Å². The Morgan fingerprint density at radius 3 is 2.58 bits per heavy atom. The van der Waals surface area contributed by atoms with E-state index in [0.717, 1.165) is 0 Å². The molecule has 0 bridgehead atoms. The minimum absolute atomic E-state index is 0.170. The molecular weight excluding hydrogens is 272 g/mol. The first-order valence-electron chi connectivity index (χ1n) is 5.58. The zero-order chi connectivity index (χ0) is 14.5. The molecule has 0 spiro atoms. The molecule has 0 fully saturated rings. The third-order valence-electron chi connectivity index (χ3n) is 2.20. The van der Waals surface area contributed by atoms with E-state index in [-0.39, 0.29) is 11.1 Å². The summed E-state index contributed by atoms with van der Waals surface area (Å²) in [5, 5.41) is 10.3. The number of carbonyl (C=O) groups is 1. The van der Waals surface area contributed by atoms with Gasteiger partial charge in [-0.1, -0.05) is 0 Å². The lowest BCUT2D eigenvalue weighted by Crippen LogP contribution is -2.38. The van der Waals surface area contributed by atoms with Gasteiger partial charge in [0, 0.05) is 27.2 Å². The summed E-state index contributed by atoms with van der Waals surface area (Å²) in [7, 11) is -0.489. The van der Waals surface area contributed by atoms with Crippen LogP contribution in [0.15, 0.2) is 21.6 Å². The van der Waals surface area contributed by atoms with Gasteiger partial charge < -0.3 is 20.0 Å². The minimum atomic E-state index is -3.79. The van der Waals surface area contributed by atoms with Crippen LogP contribution in [0.25, 0.3) is 0 Å². The average molecular weight is 290 g/mol. The van der Waals surface area contributed by atoms with Crippen molar-refractivity contribution in [1.82, 2.24) is 15.5 Å². The Hall–Kier alpha value is -1.58. The number of urea groups is 1. The highest BCUT2D eigenvalue weighted by Crippen LogP contribution is 2.11. The van der Waals surface area contributed by atoms with Crippen LogP contribution in [0.4, 0.5) is 4.79 Å². The number of carbonyl (C=O) groups excluding carboxylic acids is 1. The molecule has 0 aromatic carbocycles. The Morgan fingerprint density at radius 1 is 1.37 bits per heavy atom. The maximum Gasteiger partial charge on any atom is 0.316 e. The van der Waals surface area contributed by atoms with Crippen LogP contribution in [0.1, 0.15) is 5.76 Å². The van der Waals surface area contributed by atoms with E-state index < -0.39 is 10.0 Å². The second-order valence-electron chi connectivity index (χ2n) is 4.07. The van der Waals surface area contributed by atoms with E-state index in [1.54, 1.807) is 14.1 Å². The van der Waals surface area contributed by atoms with Crippen molar-refractivity contribution in [3.8, 4) is 0 Å². The maximum atomic E-state index is 11.2. The number of furan rings is 1. The van der Waals surface area contributed by atoms with Crippen molar-refractivity contribution in [2.75, 3.05) is 27.2 Å². The normalized spacial score (nSPS) is 11.3. The smallest absolute Gasteiger partial charge is 0.316 e. The summed E-state index contributed by atoms with van der Waals surface area (Å²) in [6, 6.07) is 2.67. The number of hydrogen-bond donors (Lipinski definition) is 3. The topological polar surface area (TPSA) is 118 Å². The highest BCUT2D eigenvalue weighted by atomic mass is 32.2. The molecule has 0 atom stereocenters. The van der Waals surface area contributed by atoms with Gasteiger partial charge in [-0.25, -0.2) is 18.4 Å². The van der Waals surface area contributed by atoms with Crippen molar-refractivity contribution in [3.63, 3.8) is 0 Å². The number of primary sulfonamides is 1. The predicted molar refractivity (Wildman–Crippen MR) is 68.9 cm³/mol. The van der Waals surface area contributed by atoms with Crippen LogP contribution in [-0.2, 0) is 16.6 Å². The summed E-state index contributed by atoms with van der Waals surface area (Å²) in [6.07, 6.45) is 0. The molecule has 1 heterocycles. The minimum Gasteiger partial charge on any atom is -0.447 e. The first-order valence-corrected chi connectivity index (χ1v) is 7.12. The first-order chi connectivity index (χ1) is 8.80. The number of rotatable bonds is 6. The summed E-state index contributed by atoms with van der Waals surface area (Å²) in [4.78, 5) is 12.6. The van der Waals surface area contributed by atoms with Gasteiger partial charge in [-0.3, -0.25) is 0 Å². The van der Waals surface area contributed by atoms with Crippen molar-refractivity contribution < 1.29 is 17.6 Å². The highest BCUT2D eigenvalue weighted by Gasteiger charge is 2.12. The molecular formula is C10H18N4O4S. The Labute approximate surface area is 112 Å².